The van der Waals surface area contributed by atoms with Gasteiger partial charge in [0.1, 0.15) is 11.8 Å². The Morgan fingerprint density at radius 2 is 1.79 bits per heavy atom. The predicted octanol–water partition coefficient (Wildman–Crippen LogP) is 4.09. The van der Waals surface area contributed by atoms with Crippen LogP contribution in [-0.2, 0) is 16.0 Å². The van der Waals surface area contributed by atoms with Crippen LogP contribution >= 0.6 is 11.6 Å². The molecule has 0 radical (unpaired) electrons. The Bertz CT molecular complexity index is 765. The molecule has 156 valence electrons. The van der Waals surface area contributed by atoms with E-state index in [1.807, 2.05) is 37.3 Å². The number of hydrogen-bond acceptors (Lipinski definition) is 3. The molecule has 0 fully saturated rings. The number of benzene rings is 2. The number of nitrogens with zero attached hydrogens (tertiary/aromatic N) is 1. The third kappa shape index (κ3) is 7.78. The smallest absolute Gasteiger partial charge is 0.242 e. The largest absolute Gasteiger partial charge is 0.494 e. The van der Waals surface area contributed by atoms with E-state index in [0.29, 0.717) is 44.0 Å². The SMILES string of the molecule is CCNC(=O)C(C)N(CCc1ccccc1)C(=O)CCCOc1ccc(Cl)cc1. The Labute approximate surface area is 178 Å². The van der Waals surface area contributed by atoms with Crippen molar-refractivity contribution >= 4 is 23.4 Å². The highest BCUT2D eigenvalue weighted by molar-refractivity contribution is 6.30. The molecule has 1 unspecified atom stereocenters. The molecule has 2 aromatic carbocycles. The van der Waals surface area contributed by atoms with Gasteiger partial charge in [-0.3, -0.25) is 9.59 Å². The Kier molecular flexibility index (Phi) is 9.51. The summed E-state index contributed by atoms with van der Waals surface area (Å²) in [5.74, 6) is 0.546. The molecule has 2 rings (SSSR count). The fraction of sp³-hybridized carbons (Fsp3) is 0.391. The zero-order valence-corrected chi connectivity index (χ0v) is 17.8. The van der Waals surface area contributed by atoms with Crippen LogP contribution in [0.3, 0.4) is 0 Å². The van der Waals surface area contributed by atoms with Gasteiger partial charge in [0.2, 0.25) is 11.8 Å². The van der Waals surface area contributed by atoms with Crippen molar-refractivity contribution in [3.05, 3.63) is 65.2 Å². The van der Waals surface area contributed by atoms with E-state index < -0.39 is 6.04 Å². The molecular weight excluding hydrogens is 388 g/mol. The number of halogens is 1. The predicted molar refractivity (Wildman–Crippen MR) is 116 cm³/mol. The number of amides is 2. The van der Waals surface area contributed by atoms with Gasteiger partial charge in [0, 0.05) is 24.5 Å². The molecule has 0 aliphatic rings. The number of hydrogen-bond donors (Lipinski definition) is 1. The molecule has 0 heterocycles. The summed E-state index contributed by atoms with van der Waals surface area (Å²) in [5, 5.41) is 3.46. The molecule has 0 saturated heterocycles. The van der Waals surface area contributed by atoms with Crippen molar-refractivity contribution in [3.8, 4) is 5.75 Å². The summed E-state index contributed by atoms with van der Waals surface area (Å²) in [6, 6.07) is 16.6. The van der Waals surface area contributed by atoms with E-state index in [2.05, 4.69) is 5.32 Å². The number of carbonyl (C=O) groups is 2. The van der Waals surface area contributed by atoms with E-state index in [1.54, 1.807) is 36.1 Å². The van der Waals surface area contributed by atoms with Crippen molar-refractivity contribution in [1.82, 2.24) is 10.2 Å². The van der Waals surface area contributed by atoms with Gasteiger partial charge in [-0.25, -0.2) is 0 Å². The third-order valence-electron chi connectivity index (χ3n) is 4.62. The van der Waals surface area contributed by atoms with E-state index in [4.69, 9.17) is 16.3 Å². The van der Waals surface area contributed by atoms with Crippen LogP contribution in [0, 0.1) is 0 Å². The van der Waals surface area contributed by atoms with Crippen molar-refractivity contribution in [2.45, 2.75) is 39.2 Å². The summed E-state index contributed by atoms with van der Waals surface area (Å²) in [6.07, 6.45) is 1.61. The van der Waals surface area contributed by atoms with Crippen molar-refractivity contribution in [2.24, 2.45) is 0 Å². The first kappa shape index (κ1) is 22.8. The fourth-order valence-corrected chi connectivity index (χ4v) is 3.11. The average Bonchev–Trinajstić information content (AvgIpc) is 2.73. The Balaban J connectivity index is 1.90. The van der Waals surface area contributed by atoms with Gasteiger partial charge in [-0.05, 0) is 56.5 Å². The lowest BCUT2D eigenvalue weighted by atomic mass is 10.1. The molecule has 2 aromatic rings. The summed E-state index contributed by atoms with van der Waals surface area (Å²) in [4.78, 5) is 26.8. The molecule has 0 spiro atoms. The molecule has 2 amide bonds. The zero-order valence-electron chi connectivity index (χ0n) is 17.1. The molecule has 6 heteroatoms. The van der Waals surface area contributed by atoms with Gasteiger partial charge in [0.15, 0.2) is 0 Å². The highest BCUT2D eigenvalue weighted by Crippen LogP contribution is 2.16. The second-order valence-electron chi connectivity index (χ2n) is 6.80. The number of carbonyl (C=O) groups excluding carboxylic acids is 2. The van der Waals surface area contributed by atoms with Crippen molar-refractivity contribution in [3.63, 3.8) is 0 Å². The van der Waals surface area contributed by atoms with Crippen molar-refractivity contribution < 1.29 is 14.3 Å². The van der Waals surface area contributed by atoms with Crippen LogP contribution in [0.4, 0.5) is 0 Å². The molecule has 0 aliphatic heterocycles. The minimum absolute atomic E-state index is 0.0422. The normalized spacial score (nSPS) is 11.6. The van der Waals surface area contributed by atoms with Crippen molar-refractivity contribution in [2.75, 3.05) is 19.7 Å². The zero-order chi connectivity index (χ0) is 21.1. The maximum Gasteiger partial charge on any atom is 0.242 e. The molecule has 0 saturated carbocycles. The highest BCUT2D eigenvalue weighted by Gasteiger charge is 2.24. The van der Waals surface area contributed by atoms with E-state index >= 15 is 0 Å². The van der Waals surface area contributed by atoms with Crippen LogP contribution in [0.15, 0.2) is 54.6 Å². The monoisotopic (exact) mass is 416 g/mol. The maximum absolute atomic E-state index is 12.8. The third-order valence-corrected chi connectivity index (χ3v) is 4.87. The van der Waals surface area contributed by atoms with Crippen LogP contribution < -0.4 is 10.1 Å². The van der Waals surface area contributed by atoms with Crippen molar-refractivity contribution in [1.29, 1.82) is 0 Å². The van der Waals surface area contributed by atoms with Gasteiger partial charge in [-0.15, -0.1) is 0 Å². The lowest BCUT2D eigenvalue weighted by Crippen LogP contribution is -2.48. The Morgan fingerprint density at radius 1 is 1.10 bits per heavy atom. The van der Waals surface area contributed by atoms with Crippen LogP contribution in [0.2, 0.25) is 5.02 Å². The molecule has 0 bridgehead atoms. The fourth-order valence-electron chi connectivity index (χ4n) is 2.98. The highest BCUT2D eigenvalue weighted by atomic mass is 35.5. The van der Waals surface area contributed by atoms with Gasteiger partial charge in [0.05, 0.1) is 6.61 Å². The first-order valence-electron chi connectivity index (χ1n) is 10.0. The Morgan fingerprint density at radius 3 is 2.45 bits per heavy atom. The molecule has 29 heavy (non-hydrogen) atoms. The molecule has 1 N–H and O–H groups in total. The quantitative estimate of drug-likeness (QED) is 0.561. The second-order valence-corrected chi connectivity index (χ2v) is 7.24. The van der Waals surface area contributed by atoms with Crippen LogP contribution in [0.1, 0.15) is 32.3 Å². The number of likely N-dealkylation sites (N-methyl/N-ethyl adjacent to an activating group) is 1. The summed E-state index contributed by atoms with van der Waals surface area (Å²) in [7, 11) is 0. The average molecular weight is 417 g/mol. The maximum atomic E-state index is 12.8. The van der Waals surface area contributed by atoms with E-state index in [0.717, 1.165) is 11.3 Å². The van der Waals surface area contributed by atoms with E-state index in [9.17, 15) is 9.59 Å². The first-order chi connectivity index (χ1) is 14.0. The van der Waals surface area contributed by atoms with Gasteiger partial charge >= 0.3 is 0 Å². The van der Waals surface area contributed by atoms with Crippen LogP contribution in [0.25, 0.3) is 0 Å². The summed E-state index contributed by atoms with van der Waals surface area (Å²) < 4.78 is 5.66. The van der Waals surface area contributed by atoms with Gasteiger partial charge < -0.3 is 15.0 Å². The summed E-state index contributed by atoms with van der Waals surface area (Å²) >= 11 is 5.86. The van der Waals surface area contributed by atoms with Crippen LogP contribution in [0.5, 0.6) is 5.75 Å². The standard InChI is InChI=1S/C23H29ClN2O3/c1-3-25-23(28)18(2)26(16-15-19-8-5-4-6-9-19)22(27)10-7-17-29-21-13-11-20(24)12-14-21/h4-6,8-9,11-14,18H,3,7,10,15-17H2,1-2H3,(H,25,28). The van der Waals surface area contributed by atoms with E-state index in [1.165, 1.54) is 0 Å². The molecule has 0 aromatic heterocycles. The lowest BCUT2D eigenvalue weighted by Gasteiger charge is -2.28. The topological polar surface area (TPSA) is 58.6 Å². The summed E-state index contributed by atoms with van der Waals surface area (Å²) in [5.41, 5.74) is 1.14. The lowest BCUT2D eigenvalue weighted by molar-refractivity contribution is -0.140. The molecule has 1 atom stereocenters. The molecular formula is C23H29ClN2O3. The van der Waals surface area contributed by atoms with E-state index in [-0.39, 0.29) is 11.8 Å². The van der Waals surface area contributed by atoms with Gasteiger partial charge in [-0.1, -0.05) is 41.9 Å². The van der Waals surface area contributed by atoms with Gasteiger partial charge in [0.25, 0.3) is 0 Å². The minimum atomic E-state index is -0.511. The summed E-state index contributed by atoms with van der Waals surface area (Å²) in [6.45, 7) is 5.11. The van der Waals surface area contributed by atoms with Gasteiger partial charge in [-0.2, -0.15) is 0 Å². The molecule has 5 nitrogen and oxygen atoms in total. The number of ether oxygens (including phenoxy) is 1. The number of nitrogens with one attached hydrogen (secondary N) is 1. The second kappa shape index (κ2) is 12.1. The molecule has 0 aliphatic carbocycles. The minimum Gasteiger partial charge on any atom is -0.494 e. The first-order valence-corrected chi connectivity index (χ1v) is 10.4. The number of rotatable bonds is 11. The van der Waals surface area contributed by atoms with Crippen LogP contribution in [-0.4, -0.2) is 42.5 Å². The Hall–Kier alpha value is -2.53.